The molecule has 0 bridgehead atoms. The van der Waals surface area contributed by atoms with Crippen molar-refractivity contribution in [3.63, 3.8) is 0 Å². The zero-order valence-electron chi connectivity index (χ0n) is 11.3. The molecule has 0 aromatic carbocycles. The summed E-state index contributed by atoms with van der Waals surface area (Å²) in [6.07, 6.45) is 0.999. The van der Waals surface area contributed by atoms with Gasteiger partial charge >= 0.3 is 5.97 Å². The van der Waals surface area contributed by atoms with Crippen LogP contribution in [0, 0.1) is 0 Å². The average Bonchev–Trinajstić information content (AvgIpc) is 2.79. The number of hydrogen-bond donors (Lipinski definition) is 1. The summed E-state index contributed by atoms with van der Waals surface area (Å²) in [5.74, 6) is -1.50. The topological polar surface area (TPSA) is 77.1 Å². The van der Waals surface area contributed by atoms with Crippen molar-refractivity contribution in [3.05, 3.63) is 0 Å². The van der Waals surface area contributed by atoms with Crippen LogP contribution in [0.2, 0.25) is 0 Å². The minimum atomic E-state index is -1.32. The number of carbonyl (C=O) groups is 2. The van der Waals surface area contributed by atoms with Gasteiger partial charge in [0.2, 0.25) is 5.91 Å². The molecule has 2 aliphatic rings. The van der Waals surface area contributed by atoms with Gasteiger partial charge in [-0.3, -0.25) is 9.59 Å². The van der Waals surface area contributed by atoms with Crippen LogP contribution in [-0.4, -0.2) is 69.1 Å². The van der Waals surface area contributed by atoms with Gasteiger partial charge in [0.15, 0.2) is 5.78 Å². The predicted molar refractivity (Wildman–Crippen MR) is 65.3 cm³/mol. The van der Waals surface area contributed by atoms with E-state index in [2.05, 4.69) is 5.32 Å². The molecule has 19 heavy (non-hydrogen) atoms. The molecule has 2 saturated heterocycles. The van der Waals surface area contributed by atoms with Gasteiger partial charge < -0.3 is 24.4 Å². The maximum absolute atomic E-state index is 11.3. The fraction of sp³-hybridized carbons (Fsp3) is 0.833. The van der Waals surface area contributed by atoms with E-state index in [-0.39, 0.29) is 30.9 Å². The Morgan fingerprint density at radius 2 is 2.05 bits per heavy atom. The number of carbonyl (C=O) groups excluding carboxylic acids is 2. The molecule has 2 fully saturated rings. The first kappa shape index (κ1) is 14.4. The zero-order chi connectivity index (χ0) is 13.9. The van der Waals surface area contributed by atoms with Crippen LogP contribution in [0.4, 0.5) is 0 Å². The second kappa shape index (κ2) is 5.96. The normalized spacial score (nSPS) is 26.8. The van der Waals surface area contributed by atoms with Gasteiger partial charge in [0.25, 0.3) is 0 Å². The van der Waals surface area contributed by atoms with Crippen LogP contribution >= 0.6 is 0 Å². The monoisotopic (exact) mass is 272 g/mol. The molecule has 2 rings (SSSR count). The largest absolute Gasteiger partial charge is 0.345 e. The quantitative estimate of drug-likeness (QED) is 0.700. The number of rotatable bonds is 5. The van der Waals surface area contributed by atoms with Crippen molar-refractivity contribution < 1.29 is 23.8 Å². The minimum absolute atomic E-state index is 0.0473. The van der Waals surface area contributed by atoms with Gasteiger partial charge in [0.05, 0.1) is 6.61 Å². The lowest BCUT2D eigenvalue weighted by atomic mass is 10.1. The summed E-state index contributed by atoms with van der Waals surface area (Å²) in [6.45, 7) is 0.999. The Morgan fingerprint density at radius 3 is 2.58 bits per heavy atom. The SMILES string of the molecule is CN(C)CCOC1(C2CCC(=O)N2)OCC(=O)CO1. The van der Waals surface area contributed by atoms with Crippen LogP contribution in [0.15, 0.2) is 0 Å². The molecule has 2 heterocycles. The molecule has 108 valence electrons. The first-order chi connectivity index (χ1) is 9.02. The fourth-order valence-electron chi connectivity index (χ4n) is 2.08. The Labute approximate surface area is 112 Å². The molecule has 1 N–H and O–H groups in total. The Morgan fingerprint density at radius 1 is 1.37 bits per heavy atom. The molecule has 1 unspecified atom stereocenters. The molecular formula is C12H20N2O5. The van der Waals surface area contributed by atoms with Crippen molar-refractivity contribution in [3.8, 4) is 0 Å². The Balaban J connectivity index is 2.00. The van der Waals surface area contributed by atoms with Crippen molar-refractivity contribution in [2.75, 3.05) is 40.5 Å². The second-order valence-corrected chi connectivity index (χ2v) is 5.03. The summed E-state index contributed by atoms with van der Waals surface area (Å²) in [5, 5.41) is 2.78. The molecule has 0 saturated carbocycles. The molecule has 0 aromatic heterocycles. The van der Waals surface area contributed by atoms with E-state index >= 15 is 0 Å². The highest BCUT2D eigenvalue weighted by molar-refractivity contribution is 5.81. The highest BCUT2D eigenvalue weighted by Gasteiger charge is 2.49. The first-order valence-corrected chi connectivity index (χ1v) is 6.39. The minimum Gasteiger partial charge on any atom is -0.345 e. The van der Waals surface area contributed by atoms with Crippen LogP contribution in [0.25, 0.3) is 0 Å². The molecule has 1 atom stereocenters. The standard InChI is InChI=1S/C12H20N2O5/c1-14(2)5-6-17-12(10-3-4-11(16)13-10)18-7-9(15)8-19-12/h10H,3-8H2,1-2H3,(H,13,16). The van der Waals surface area contributed by atoms with Gasteiger partial charge in [-0.05, 0) is 20.5 Å². The van der Waals surface area contributed by atoms with Crippen LogP contribution in [0.5, 0.6) is 0 Å². The van der Waals surface area contributed by atoms with Crippen LogP contribution in [0.3, 0.4) is 0 Å². The van der Waals surface area contributed by atoms with Crippen molar-refractivity contribution in [1.82, 2.24) is 10.2 Å². The Hall–Kier alpha value is -1.02. The van der Waals surface area contributed by atoms with Gasteiger partial charge in [-0.25, -0.2) is 0 Å². The van der Waals surface area contributed by atoms with E-state index in [1.165, 1.54) is 0 Å². The molecule has 7 nitrogen and oxygen atoms in total. The van der Waals surface area contributed by atoms with Gasteiger partial charge in [0.1, 0.15) is 19.3 Å². The first-order valence-electron chi connectivity index (χ1n) is 6.39. The summed E-state index contributed by atoms with van der Waals surface area (Å²) in [4.78, 5) is 24.5. The molecule has 0 aliphatic carbocycles. The number of nitrogens with one attached hydrogen (secondary N) is 1. The highest BCUT2D eigenvalue weighted by Crippen LogP contribution is 2.29. The third-order valence-corrected chi connectivity index (χ3v) is 3.13. The molecule has 2 aliphatic heterocycles. The average molecular weight is 272 g/mol. The fourth-order valence-corrected chi connectivity index (χ4v) is 2.08. The maximum Gasteiger partial charge on any atom is 0.305 e. The van der Waals surface area contributed by atoms with Gasteiger partial charge in [-0.15, -0.1) is 0 Å². The van der Waals surface area contributed by atoms with Crippen LogP contribution in [0.1, 0.15) is 12.8 Å². The van der Waals surface area contributed by atoms with Gasteiger partial charge in [0, 0.05) is 13.0 Å². The second-order valence-electron chi connectivity index (χ2n) is 5.03. The Kier molecular flexibility index (Phi) is 4.51. The maximum atomic E-state index is 11.3. The molecule has 7 heteroatoms. The van der Waals surface area contributed by atoms with Crippen molar-refractivity contribution in [1.29, 1.82) is 0 Å². The summed E-state index contributed by atoms with van der Waals surface area (Å²) >= 11 is 0. The number of ketones is 1. The third-order valence-electron chi connectivity index (χ3n) is 3.13. The van der Waals surface area contributed by atoms with Gasteiger partial charge in [-0.1, -0.05) is 0 Å². The highest BCUT2D eigenvalue weighted by atomic mass is 16.9. The third kappa shape index (κ3) is 3.50. The van der Waals surface area contributed by atoms with E-state index in [0.717, 1.165) is 0 Å². The van der Waals surface area contributed by atoms with Gasteiger partial charge in [-0.2, -0.15) is 0 Å². The number of hydrogen-bond acceptors (Lipinski definition) is 6. The molecular weight excluding hydrogens is 252 g/mol. The molecule has 0 spiro atoms. The van der Waals surface area contributed by atoms with E-state index in [4.69, 9.17) is 14.2 Å². The van der Waals surface area contributed by atoms with Crippen molar-refractivity contribution >= 4 is 11.7 Å². The molecule has 0 radical (unpaired) electrons. The number of nitrogens with zero attached hydrogens (tertiary/aromatic N) is 1. The predicted octanol–water partition coefficient (Wildman–Crippen LogP) is -0.887. The number of amides is 1. The lowest BCUT2D eigenvalue weighted by Crippen LogP contribution is -2.58. The molecule has 0 aromatic rings. The van der Waals surface area contributed by atoms with Crippen LogP contribution < -0.4 is 5.32 Å². The van der Waals surface area contributed by atoms with E-state index in [1.54, 1.807) is 0 Å². The lowest BCUT2D eigenvalue weighted by molar-refractivity contribution is -0.396. The smallest absolute Gasteiger partial charge is 0.305 e. The van der Waals surface area contributed by atoms with Crippen LogP contribution in [-0.2, 0) is 23.8 Å². The van der Waals surface area contributed by atoms with E-state index in [0.29, 0.717) is 26.0 Å². The summed E-state index contributed by atoms with van der Waals surface area (Å²) in [7, 11) is 3.86. The van der Waals surface area contributed by atoms with Crippen molar-refractivity contribution in [2.45, 2.75) is 24.9 Å². The van der Waals surface area contributed by atoms with E-state index in [9.17, 15) is 9.59 Å². The number of Topliss-reactive ketones (excluding diaryl/α,β-unsaturated/α-hetero) is 1. The summed E-state index contributed by atoms with van der Waals surface area (Å²) in [5.41, 5.74) is 0. The number of likely N-dealkylation sites (N-methyl/N-ethyl adjacent to an activating group) is 1. The Bertz CT molecular complexity index is 348. The zero-order valence-corrected chi connectivity index (χ0v) is 11.3. The molecule has 1 amide bonds. The van der Waals surface area contributed by atoms with Crippen molar-refractivity contribution in [2.24, 2.45) is 0 Å². The van der Waals surface area contributed by atoms with E-state index < -0.39 is 5.97 Å². The lowest BCUT2D eigenvalue weighted by Gasteiger charge is -2.39. The van der Waals surface area contributed by atoms with E-state index in [1.807, 2.05) is 19.0 Å². The summed E-state index contributed by atoms with van der Waals surface area (Å²) < 4.78 is 16.6. The summed E-state index contributed by atoms with van der Waals surface area (Å²) in [6, 6.07) is -0.365. The number of ether oxygens (including phenoxy) is 3.